The summed E-state index contributed by atoms with van der Waals surface area (Å²) in [5.41, 5.74) is 1.25. The monoisotopic (exact) mass is 324 g/mol. The fraction of sp³-hybridized carbons (Fsp3) is 0.176. The van der Waals surface area contributed by atoms with Crippen LogP contribution in [0.25, 0.3) is 11.5 Å². The molecule has 0 radical (unpaired) electrons. The molecule has 0 saturated heterocycles. The number of methoxy groups -OCH3 is 1. The Morgan fingerprint density at radius 3 is 2.92 bits per heavy atom. The Balaban J connectivity index is 1.57. The van der Waals surface area contributed by atoms with Crippen LogP contribution in [0.2, 0.25) is 0 Å². The molecule has 3 rings (SSSR count). The topological polar surface area (TPSA) is 90.1 Å². The predicted octanol–water partition coefficient (Wildman–Crippen LogP) is 2.11. The molecule has 0 atom stereocenters. The highest BCUT2D eigenvalue weighted by molar-refractivity contribution is 5.96. The maximum Gasteiger partial charge on any atom is 0.259 e. The van der Waals surface area contributed by atoms with Crippen molar-refractivity contribution in [1.29, 1.82) is 0 Å². The molecule has 24 heavy (non-hydrogen) atoms. The Bertz CT molecular complexity index is 817. The SMILES string of the molecule is COc1ccccc1C(=O)NCCc1noc(-c2cccnc2)n1. The summed E-state index contributed by atoms with van der Waals surface area (Å²) in [5, 5.41) is 6.72. The summed E-state index contributed by atoms with van der Waals surface area (Å²) in [6.07, 6.45) is 3.79. The van der Waals surface area contributed by atoms with Crippen molar-refractivity contribution in [2.45, 2.75) is 6.42 Å². The first-order valence-corrected chi connectivity index (χ1v) is 7.42. The van der Waals surface area contributed by atoms with Gasteiger partial charge in [-0.2, -0.15) is 4.98 Å². The molecule has 0 fully saturated rings. The van der Waals surface area contributed by atoms with E-state index in [1.54, 1.807) is 36.7 Å². The van der Waals surface area contributed by atoms with Crippen molar-refractivity contribution in [2.75, 3.05) is 13.7 Å². The summed E-state index contributed by atoms with van der Waals surface area (Å²) >= 11 is 0. The number of ether oxygens (including phenoxy) is 1. The molecule has 7 nitrogen and oxygen atoms in total. The van der Waals surface area contributed by atoms with E-state index < -0.39 is 0 Å². The quantitative estimate of drug-likeness (QED) is 0.747. The fourth-order valence-corrected chi connectivity index (χ4v) is 2.18. The van der Waals surface area contributed by atoms with Gasteiger partial charge in [-0.15, -0.1) is 0 Å². The molecule has 0 aliphatic rings. The maximum atomic E-state index is 12.2. The van der Waals surface area contributed by atoms with Gasteiger partial charge in [-0.3, -0.25) is 9.78 Å². The lowest BCUT2D eigenvalue weighted by molar-refractivity contribution is 0.0951. The summed E-state index contributed by atoms with van der Waals surface area (Å²) in [6, 6.07) is 10.7. The second kappa shape index (κ2) is 7.36. The zero-order valence-electron chi connectivity index (χ0n) is 13.1. The zero-order chi connectivity index (χ0) is 16.8. The molecule has 0 saturated carbocycles. The van der Waals surface area contributed by atoms with Gasteiger partial charge in [0.2, 0.25) is 0 Å². The standard InChI is InChI=1S/C17H16N4O3/c1-23-14-7-3-2-6-13(14)16(22)19-10-8-15-20-17(24-21-15)12-5-4-9-18-11-12/h2-7,9,11H,8,10H2,1H3,(H,19,22). The first-order chi connectivity index (χ1) is 11.8. The highest BCUT2D eigenvalue weighted by Gasteiger charge is 2.12. The van der Waals surface area contributed by atoms with Crippen LogP contribution >= 0.6 is 0 Å². The lowest BCUT2D eigenvalue weighted by atomic mass is 10.2. The molecule has 7 heteroatoms. The van der Waals surface area contributed by atoms with Gasteiger partial charge in [0.05, 0.1) is 18.2 Å². The third kappa shape index (κ3) is 3.57. The molecule has 0 spiro atoms. The molecule has 0 aliphatic carbocycles. The number of carbonyl (C=O) groups is 1. The van der Waals surface area contributed by atoms with Gasteiger partial charge in [-0.1, -0.05) is 17.3 Å². The van der Waals surface area contributed by atoms with Crippen molar-refractivity contribution < 1.29 is 14.1 Å². The number of aromatic nitrogens is 3. The van der Waals surface area contributed by atoms with Gasteiger partial charge in [0, 0.05) is 25.4 Å². The van der Waals surface area contributed by atoms with Gasteiger partial charge >= 0.3 is 0 Å². The normalized spacial score (nSPS) is 10.4. The summed E-state index contributed by atoms with van der Waals surface area (Å²) in [4.78, 5) is 20.5. The maximum absolute atomic E-state index is 12.2. The lowest BCUT2D eigenvalue weighted by Gasteiger charge is -2.08. The van der Waals surface area contributed by atoms with Crippen molar-refractivity contribution in [3.63, 3.8) is 0 Å². The van der Waals surface area contributed by atoms with E-state index in [-0.39, 0.29) is 5.91 Å². The van der Waals surface area contributed by atoms with Crippen LogP contribution in [0.3, 0.4) is 0 Å². The Hall–Kier alpha value is -3.22. The minimum absolute atomic E-state index is 0.205. The average molecular weight is 324 g/mol. The number of pyridine rings is 1. The third-order valence-electron chi connectivity index (χ3n) is 3.36. The van der Waals surface area contributed by atoms with Crippen molar-refractivity contribution in [3.8, 4) is 17.2 Å². The van der Waals surface area contributed by atoms with E-state index in [2.05, 4.69) is 20.4 Å². The zero-order valence-corrected chi connectivity index (χ0v) is 13.1. The number of rotatable bonds is 6. The third-order valence-corrected chi connectivity index (χ3v) is 3.36. The predicted molar refractivity (Wildman–Crippen MR) is 86.6 cm³/mol. The molecular formula is C17H16N4O3. The van der Waals surface area contributed by atoms with E-state index in [4.69, 9.17) is 9.26 Å². The molecule has 0 unspecified atom stereocenters. The molecule has 1 N–H and O–H groups in total. The largest absolute Gasteiger partial charge is 0.496 e. The number of nitrogens with zero attached hydrogens (tertiary/aromatic N) is 3. The van der Waals surface area contributed by atoms with Crippen molar-refractivity contribution >= 4 is 5.91 Å². The van der Waals surface area contributed by atoms with Gasteiger partial charge < -0.3 is 14.6 Å². The average Bonchev–Trinajstić information content (AvgIpc) is 3.11. The molecular weight excluding hydrogens is 308 g/mol. The summed E-state index contributed by atoms with van der Waals surface area (Å²) in [6.45, 7) is 0.392. The Morgan fingerprint density at radius 2 is 2.12 bits per heavy atom. The smallest absolute Gasteiger partial charge is 0.259 e. The van der Waals surface area contributed by atoms with Crippen molar-refractivity contribution in [1.82, 2.24) is 20.4 Å². The minimum Gasteiger partial charge on any atom is -0.496 e. The highest BCUT2D eigenvalue weighted by Crippen LogP contribution is 2.17. The first-order valence-electron chi connectivity index (χ1n) is 7.42. The van der Waals surface area contributed by atoms with Gasteiger partial charge in [0.1, 0.15) is 5.75 Å². The number of hydrogen-bond acceptors (Lipinski definition) is 6. The van der Waals surface area contributed by atoms with E-state index in [9.17, 15) is 4.79 Å². The molecule has 1 aromatic carbocycles. The lowest BCUT2D eigenvalue weighted by Crippen LogP contribution is -2.26. The number of para-hydroxylation sites is 1. The van der Waals surface area contributed by atoms with E-state index >= 15 is 0 Å². The number of amides is 1. The highest BCUT2D eigenvalue weighted by atomic mass is 16.5. The van der Waals surface area contributed by atoms with Crippen LogP contribution in [0, 0.1) is 0 Å². The fourth-order valence-electron chi connectivity index (χ4n) is 2.18. The summed E-state index contributed by atoms with van der Waals surface area (Å²) < 4.78 is 10.4. The summed E-state index contributed by atoms with van der Waals surface area (Å²) in [5.74, 6) is 1.26. The van der Waals surface area contributed by atoms with Gasteiger partial charge in [0.25, 0.3) is 11.8 Å². The molecule has 0 aliphatic heterocycles. The van der Waals surface area contributed by atoms with Crippen LogP contribution in [0.5, 0.6) is 5.75 Å². The van der Waals surface area contributed by atoms with Gasteiger partial charge in [-0.05, 0) is 24.3 Å². The van der Waals surface area contributed by atoms with E-state index in [1.807, 2.05) is 12.1 Å². The summed E-state index contributed by atoms with van der Waals surface area (Å²) in [7, 11) is 1.53. The first kappa shape index (κ1) is 15.7. The molecule has 2 aromatic heterocycles. The van der Waals surface area contributed by atoms with Crippen LogP contribution < -0.4 is 10.1 Å². The van der Waals surface area contributed by atoms with Crippen LogP contribution in [0.1, 0.15) is 16.2 Å². The van der Waals surface area contributed by atoms with E-state index in [0.717, 1.165) is 5.56 Å². The van der Waals surface area contributed by atoms with Crippen molar-refractivity contribution in [2.24, 2.45) is 0 Å². The second-order valence-electron chi connectivity index (χ2n) is 4.96. The molecule has 122 valence electrons. The Morgan fingerprint density at radius 1 is 1.25 bits per heavy atom. The van der Waals surface area contributed by atoms with E-state index in [1.165, 1.54) is 7.11 Å². The van der Waals surface area contributed by atoms with Crippen LogP contribution in [-0.2, 0) is 6.42 Å². The minimum atomic E-state index is -0.205. The van der Waals surface area contributed by atoms with E-state index in [0.29, 0.717) is 36.0 Å². The molecule has 1 amide bonds. The van der Waals surface area contributed by atoms with Crippen molar-refractivity contribution in [3.05, 3.63) is 60.2 Å². The van der Waals surface area contributed by atoms with Crippen LogP contribution in [0.4, 0.5) is 0 Å². The second-order valence-corrected chi connectivity index (χ2v) is 4.96. The molecule has 3 aromatic rings. The van der Waals surface area contributed by atoms with Crippen LogP contribution in [-0.4, -0.2) is 34.7 Å². The number of benzene rings is 1. The van der Waals surface area contributed by atoms with Crippen LogP contribution in [0.15, 0.2) is 53.3 Å². The number of carbonyl (C=O) groups excluding carboxylic acids is 1. The number of hydrogen-bond donors (Lipinski definition) is 1. The molecule has 2 heterocycles. The van der Waals surface area contributed by atoms with Gasteiger partial charge in [0.15, 0.2) is 5.82 Å². The Kier molecular flexibility index (Phi) is 4.81. The molecule has 0 bridgehead atoms. The van der Waals surface area contributed by atoms with Gasteiger partial charge in [-0.25, -0.2) is 0 Å². The Labute approximate surface area is 138 Å². The number of nitrogens with one attached hydrogen (secondary N) is 1.